The largest absolute Gasteiger partial charge is 0.394 e. The quantitative estimate of drug-likeness (QED) is 0.409. The van der Waals surface area contributed by atoms with Gasteiger partial charge in [-0.15, -0.1) is 0 Å². The molecule has 2 N–H and O–H groups in total. The smallest absolute Gasteiger partial charge is 0.0592 e. The van der Waals surface area contributed by atoms with Crippen molar-refractivity contribution in [3.8, 4) is 0 Å². The molecule has 0 radical (unpaired) electrons. The van der Waals surface area contributed by atoms with Crippen molar-refractivity contribution in [1.82, 2.24) is 5.32 Å². The molecule has 0 heterocycles. The summed E-state index contributed by atoms with van der Waals surface area (Å²) in [5.41, 5.74) is 4.25. The van der Waals surface area contributed by atoms with Gasteiger partial charge in [0.15, 0.2) is 0 Å². The molecule has 2 aromatic rings. The van der Waals surface area contributed by atoms with Crippen LogP contribution in [0.1, 0.15) is 13.3 Å². The average Bonchev–Trinajstić information content (AvgIpc) is 2.63. The number of benzene rings is 2. The molecule has 0 atom stereocenters. The van der Waals surface area contributed by atoms with E-state index in [4.69, 9.17) is 0 Å². The van der Waals surface area contributed by atoms with Gasteiger partial charge in [-0.1, -0.05) is 30.4 Å². The van der Waals surface area contributed by atoms with Crippen LogP contribution < -0.4 is 15.6 Å². The van der Waals surface area contributed by atoms with Crippen molar-refractivity contribution < 1.29 is 0 Å². The van der Waals surface area contributed by atoms with Gasteiger partial charge in [0, 0.05) is 37.6 Å². The minimum absolute atomic E-state index is 0.825. The van der Waals surface area contributed by atoms with E-state index < -0.39 is 0 Å². The van der Waals surface area contributed by atoms with E-state index in [0.29, 0.717) is 0 Å². The van der Waals surface area contributed by atoms with Gasteiger partial charge in [-0.05, 0) is 55.6 Å². The molecule has 2 rings (SSSR count). The third kappa shape index (κ3) is 6.55. The second-order valence-electron chi connectivity index (χ2n) is 5.68. The maximum absolute atomic E-state index is 4.62. The summed E-state index contributed by atoms with van der Waals surface area (Å²) in [5, 5.41) is 12.9. The SMILES string of the molecule is CN/C=C\C=C/C/C(C)=N/N(C)c1ccc(Nc2ccccc2)cc1. The summed E-state index contributed by atoms with van der Waals surface area (Å²) in [6.45, 7) is 2.04. The van der Waals surface area contributed by atoms with Crippen LogP contribution in [0, 0.1) is 0 Å². The number of para-hydroxylation sites is 1. The zero-order chi connectivity index (χ0) is 17.9. The van der Waals surface area contributed by atoms with E-state index in [2.05, 4.69) is 46.1 Å². The van der Waals surface area contributed by atoms with Gasteiger partial charge in [-0.25, -0.2) is 0 Å². The Morgan fingerprint density at radius 3 is 2.36 bits per heavy atom. The van der Waals surface area contributed by atoms with Crippen molar-refractivity contribution in [2.24, 2.45) is 5.10 Å². The standard InChI is InChI=1S/C21H26N4/c1-18(10-6-5-9-17-22-2)24-25(3)21-15-13-20(14-16-21)23-19-11-7-4-8-12-19/h4-9,11-17,22-23H,10H2,1-3H3/b6-5-,17-9-,24-18+. The average molecular weight is 334 g/mol. The van der Waals surface area contributed by atoms with E-state index in [1.807, 2.05) is 74.7 Å². The molecule has 4 nitrogen and oxygen atoms in total. The summed E-state index contributed by atoms with van der Waals surface area (Å²) < 4.78 is 0. The second-order valence-corrected chi connectivity index (χ2v) is 5.68. The highest BCUT2D eigenvalue weighted by Crippen LogP contribution is 2.20. The molecule has 0 aromatic heterocycles. The van der Waals surface area contributed by atoms with Crippen molar-refractivity contribution in [1.29, 1.82) is 0 Å². The molecule has 0 unspecified atom stereocenters. The molecular formula is C21H26N4. The Balaban J connectivity index is 1.93. The fourth-order valence-electron chi connectivity index (χ4n) is 2.27. The van der Waals surface area contributed by atoms with E-state index in [1.165, 1.54) is 0 Å². The molecule has 4 heteroatoms. The Morgan fingerprint density at radius 2 is 1.68 bits per heavy atom. The first-order valence-corrected chi connectivity index (χ1v) is 8.38. The zero-order valence-corrected chi connectivity index (χ0v) is 15.1. The van der Waals surface area contributed by atoms with Crippen LogP contribution in [0.3, 0.4) is 0 Å². The van der Waals surface area contributed by atoms with Gasteiger partial charge >= 0.3 is 0 Å². The summed E-state index contributed by atoms with van der Waals surface area (Å²) in [6, 6.07) is 18.4. The number of nitrogens with one attached hydrogen (secondary N) is 2. The summed E-state index contributed by atoms with van der Waals surface area (Å²) in [5.74, 6) is 0. The van der Waals surface area contributed by atoms with Crippen LogP contribution in [-0.2, 0) is 0 Å². The molecule has 0 spiro atoms. The molecule has 0 saturated carbocycles. The number of hydrogen-bond acceptors (Lipinski definition) is 4. The summed E-state index contributed by atoms with van der Waals surface area (Å²) in [4.78, 5) is 0. The van der Waals surface area contributed by atoms with Gasteiger partial charge < -0.3 is 10.6 Å². The number of allylic oxidation sites excluding steroid dienone is 3. The lowest BCUT2D eigenvalue weighted by Crippen LogP contribution is -2.11. The third-order valence-electron chi connectivity index (χ3n) is 3.55. The molecule has 0 fully saturated rings. The molecule has 0 aliphatic carbocycles. The second kappa shape index (κ2) is 9.98. The van der Waals surface area contributed by atoms with Crippen LogP contribution in [0.25, 0.3) is 0 Å². The Labute approximate surface area is 150 Å². The fraction of sp³-hybridized carbons (Fsp3) is 0.190. The molecule has 2 aromatic carbocycles. The lowest BCUT2D eigenvalue weighted by Gasteiger charge is -2.15. The highest BCUT2D eigenvalue weighted by molar-refractivity contribution is 5.84. The molecule has 25 heavy (non-hydrogen) atoms. The number of rotatable bonds is 8. The van der Waals surface area contributed by atoms with Crippen LogP contribution in [0.5, 0.6) is 0 Å². The van der Waals surface area contributed by atoms with E-state index in [-0.39, 0.29) is 0 Å². The first-order chi connectivity index (χ1) is 12.2. The lowest BCUT2D eigenvalue weighted by atomic mass is 10.2. The number of hydrogen-bond donors (Lipinski definition) is 2. The minimum Gasteiger partial charge on any atom is -0.394 e. The molecule has 0 amide bonds. The number of hydrazone groups is 1. The topological polar surface area (TPSA) is 39.7 Å². The van der Waals surface area contributed by atoms with Gasteiger partial charge in [0.2, 0.25) is 0 Å². The predicted octanol–water partition coefficient (Wildman–Crippen LogP) is 4.92. The molecule has 0 saturated heterocycles. The normalized spacial score (nSPS) is 11.9. The molecule has 0 bridgehead atoms. The highest BCUT2D eigenvalue weighted by Gasteiger charge is 2.00. The fourth-order valence-corrected chi connectivity index (χ4v) is 2.27. The lowest BCUT2D eigenvalue weighted by molar-refractivity contribution is 1.01. The molecule has 0 aliphatic heterocycles. The van der Waals surface area contributed by atoms with Crippen LogP contribution in [0.2, 0.25) is 0 Å². The predicted molar refractivity (Wildman–Crippen MR) is 110 cm³/mol. The van der Waals surface area contributed by atoms with Crippen LogP contribution in [-0.4, -0.2) is 19.8 Å². The highest BCUT2D eigenvalue weighted by atomic mass is 15.4. The van der Waals surface area contributed by atoms with Crippen molar-refractivity contribution >= 4 is 22.8 Å². The molecule has 0 aliphatic rings. The molecular weight excluding hydrogens is 308 g/mol. The maximum Gasteiger partial charge on any atom is 0.0592 e. The van der Waals surface area contributed by atoms with Gasteiger partial charge in [-0.2, -0.15) is 5.10 Å². The van der Waals surface area contributed by atoms with E-state index in [1.54, 1.807) is 0 Å². The van der Waals surface area contributed by atoms with Crippen molar-refractivity contribution in [3.05, 3.63) is 79.0 Å². The van der Waals surface area contributed by atoms with Crippen molar-refractivity contribution in [3.63, 3.8) is 0 Å². The number of nitrogens with zero attached hydrogens (tertiary/aromatic N) is 2. The molecule has 130 valence electrons. The van der Waals surface area contributed by atoms with Gasteiger partial charge in [0.25, 0.3) is 0 Å². The Kier molecular flexibility index (Phi) is 7.32. The van der Waals surface area contributed by atoms with Gasteiger partial charge in [0.05, 0.1) is 5.69 Å². The summed E-state index contributed by atoms with van der Waals surface area (Å²) in [6.07, 6.45) is 8.79. The van der Waals surface area contributed by atoms with Crippen LogP contribution in [0.15, 0.2) is 84.1 Å². The minimum atomic E-state index is 0.825. The van der Waals surface area contributed by atoms with Gasteiger partial charge in [-0.3, -0.25) is 5.01 Å². The van der Waals surface area contributed by atoms with Crippen LogP contribution >= 0.6 is 0 Å². The maximum atomic E-state index is 4.62. The van der Waals surface area contributed by atoms with Crippen molar-refractivity contribution in [2.75, 3.05) is 24.4 Å². The third-order valence-corrected chi connectivity index (χ3v) is 3.55. The summed E-state index contributed by atoms with van der Waals surface area (Å²) >= 11 is 0. The van der Waals surface area contributed by atoms with Crippen LogP contribution in [0.4, 0.5) is 17.1 Å². The van der Waals surface area contributed by atoms with E-state index >= 15 is 0 Å². The Morgan fingerprint density at radius 1 is 1.00 bits per heavy atom. The van der Waals surface area contributed by atoms with Crippen molar-refractivity contribution in [2.45, 2.75) is 13.3 Å². The van der Waals surface area contributed by atoms with E-state index in [0.717, 1.165) is 29.2 Å². The van der Waals surface area contributed by atoms with Gasteiger partial charge in [0.1, 0.15) is 0 Å². The Bertz CT molecular complexity index is 715. The first-order valence-electron chi connectivity index (χ1n) is 8.38. The zero-order valence-electron chi connectivity index (χ0n) is 15.1. The Hall–Kier alpha value is -3.01. The summed E-state index contributed by atoms with van der Waals surface area (Å²) in [7, 11) is 3.85. The first kappa shape index (κ1) is 18.3. The van der Waals surface area contributed by atoms with E-state index in [9.17, 15) is 0 Å². The number of anilines is 3. The monoisotopic (exact) mass is 334 g/mol.